The Morgan fingerprint density at radius 1 is 0.732 bits per heavy atom. The Morgan fingerprint density at radius 3 is 1.78 bits per heavy atom. The van der Waals surface area contributed by atoms with Crippen molar-refractivity contribution in [2.24, 2.45) is 0 Å². The summed E-state index contributed by atoms with van der Waals surface area (Å²) in [6, 6.07) is 19.4. The Hall–Kier alpha value is -3.79. The van der Waals surface area contributed by atoms with Crippen molar-refractivity contribution in [1.29, 1.82) is 0 Å². The molecule has 0 radical (unpaired) electrons. The van der Waals surface area contributed by atoms with E-state index in [-0.39, 0.29) is 26.4 Å². The topological polar surface area (TPSA) is 89.5 Å². The molecule has 0 aliphatic carbocycles. The highest BCUT2D eigenvalue weighted by Crippen LogP contribution is 2.44. The number of hydrogen-bond acceptors (Lipinski definition) is 9. The largest absolute Gasteiger partial charge is 0.489 e. The van der Waals surface area contributed by atoms with Gasteiger partial charge in [0.2, 0.25) is 0 Å². The molecule has 3 rings (SSSR count). The minimum Gasteiger partial charge on any atom is -0.489 e. The molecule has 8 nitrogen and oxygen atoms in total. The standard InChI is InChI=1S/C32H36O8S/c1-21(2)31(33)39-23(17-35-5)19-37-28-16-29(41-25-12-8-7-9-13-25)30(27-15-11-10-14-26(27)28)38-20-24(18-36-6)40-32(34)22(3)4/h7-16,23-24H,1,3,17-20H2,2,4-6H3. The molecule has 0 aliphatic heterocycles. The van der Waals surface area contributed by atoms with E-state index in [4.69, 9.17) is 28.4 Å². The summed E-state index contributed by atoms with van der Waals surface area (Å²) in [7, 11) is 3.06. The number of fused-ring (bicyclic) bond motifs is 1. The highest BCUT2D eigenvalue weighted by Gasteiger charge is 2.22. The summed E-state index contributed by atoms with van der Waals surface area (Å²) in [4.78, 5) is 26.1. The molecule has 0 spiro atoms. The van der Waals surface area contributed by atoms with E-state index in [9.17, 15) is 9.59 Å². The number of methoxy groups -OCH3 is 2. The number of esters is 2. The van der Waals surface area contributed by atoms with Gasteiger partial charge in [0.15, 0.2) is 12.2 Å². The highest BCUT2D eigenvalue weighted by molar-refractivity contribution is 7.99. The van der Waals surface area contributed by atoms with Crippen LogP contribution in [-0.2, 0) is 28.5 Å². The normalized spacial score (nSPS) is 12.3. The van der Waals surface area contributed by atoms with E-state index in [0.29, 0.717) is 22.6 Å². The van der Waals surface area contributed by atoms with Gasteiger partial charge in [0.1, 0.15) is 24.7 Å². The molecule has 3 aromatic rings. The molecular weight excluding hydrogens is 544 g/mol. The highest BCUT2D eigenvalue weighted by atomic mass is 32.2. The van der Waals surface area contributed by atoms with Crippen molar-refractivity contribution in [3.05, 3.63) is 85.0 Å². The Labute approximate surface area is 245 Å². The molecule has 3 aromatic carbocycles. The van der Waals surface area contributed by atoms with Crippen LogP contribution in [0.3, 0.4) is 0 Å². The summed E-state index contributed by atoms with van der Waals surface area (Å²) in [6.45, 7) is 10.9. The van der Waals surface area contributed by atoms with Crippen LogP contribution < -0.4 is 9.47 Å². The van der Waals surface area contributed by atoms with Crippen LogP contribution in [0.5, 0.6) is 11.5 Å². The maximum absolute atomic E-state index is 12.2. The molecular formula is C32H36O8S. The fraction of sp³-hybridized carbons (Fsp3) is 0.312. The van der Waals surface area contributed by atoms with Gasteiger partial charge < -0.3 is 28.4 Å². The zero-order valence-corrected chi connectivity index (χ0v) is 24.7. The summed E-state index contributed by atoms with van der Waals surface area (Å²) >= 11 is 1.51. The van der Waals surface area contributed by atoms with E-state index in [0.717, 1.165) is 20.6 Å². The average molecular weight is 581 g/mol. The van der Waals surface area contributed by atoms with Gasteiger partial charge in [-0.1, -0.05) is 67.4 Å². The van der Waals surface area contributed by atoms with Crippen molar-refractivity contribution in [2.45, 2.75) is 35.8 Å². The zero-order chi connectivity index (χ0) is 29.8. The molecule has 9 heteroatoms. The first kappa shape index (κ1) is 31.7. The Morgan fingerprint density at radius 2 is 1.24 bits per heavy atom. The summed E-state index contributed by atoms with van der Waals surface area (Å²) in [5.74, 6) is 0.168. The lowest BCUT2D eigenvalue weighted by atomic mass is 10.1. The predicted molar refractivity (Wildman–Crippen MR) is 159 cm³/mol. The van der Waals surface area contributed by atoms with Crippen LogP contribution in [0.2, 0.25) is 0 Å². The molecule has 218 valence electrons. The summed E-state index contributed by atoms with van der Waals surface area (Å²) in [5.41, 5.74) is 0.583. The third kappa shape index (κ3) is 9.38. The molecule has 0 aliphatic rings. The van der Waals surface area contributed by atoms with Crippen molar-refractivity contribution >= 4 is 34.5 Å². The van der Waals surface area contributed by atoms with Crippen LogP contribution in [0.1, 0.15) is 13.8 Å². The van der Waals surface area contributed by atoms with Crippen LogP contribution in [0, 0.1) is 0 Å². The van der Waals surface area contributed by atoms with E-state index >= 15 is 0 Å². The molecule has 0 amide bonds. The molecule has 2 unspecified atom stereocenters. The molecule has 0 fully saturated rings. The van der Waals surface area contributed by atoms with Gasteiger partial charge in [0, 0.05) is 41.0 Å². The number of ether oxygens (including phenoxy) is 6. The molecule has 0 heterocycles. The lowest BCUT2D eigenvalue weighted by molar-refractivity contribution is -0.149. The number of benzene rings is 3. The minimum atomic E-state index is -0.647. The van der Waals surface area contributed by atoms with E-state index in [2.05, 4.69) is 13.2 Å². The smallest absolute Gasteiger partial charge is 0.333 e. The predicted octanol–water partition coefficient (Wildman–Crippen LogP) is 6.02. The van der Waals surface area contributed by atoms with Crippen LogP contribution in [0.4, 0.5) is 0 Å². The van der Waals surface area contributed by atoms with Gasteiger partial charge in [0.25, 0.3) is 0 Å². The molecule has 0 bridgehead atoms. The average Bonchev–Trinajstić information content (AvgIpc) is 2.95. The maximum Gasteiger partial charge on any atom is 0.333 e. The first-order chi connectivity index (χ1) is 19.7. The third-order valence-corrected chi connectivity index (χ3v) is 6.71. The van der Waals surface area contributed by atoms with Gasteiger partial charge in [-0.05, 0) is 32.0 Å². The van der Waals surface area contributed by atoms with Crippen molar-refractivity contribution in [1.82, 2.24) is 0 Å². The van der Waals surface area contributed by atoms with Gasteiger partial charge in [-0.25, -0.2) is 9.59 Å². The van der Waals surface area contributed by atoms with Crippen molar-refractivity contribution in [2.75, 3.05) is 40.6 Å². The minimum absolute atomic E-state index is 0.0617. The summed E-state index contributed by atoms with van der Waals surface area (Å²) in [5, 5.41) is 1.59. The van der Waals surface area contributed by atoms with Crippen LogP contribution in [0.25, 0.3) is 10.8 Å². The monoisotopic (exact) mass is 580 g/mol. The Kier molecular flexibility index (Phi) is 12.3. The maximum atomic E-state index is 12.2. The number of carbonyl (C=O) groups excluding carboxylic acids is 2. The first-order valence-electron chi connectivity index (χ1n) is 13.0. The molecule has 41 heavy (non-hydrogen) atoms. The van der Waals surface area contributed by atoms with Crippen molar-refractivity contribution in [3.8, 4) is 11.5 Å². The fourth-order valence-corrected chi connectivity index (χ4v) is 4.69. The van der Waals surface area contributed by atoms with Gasteiger partial charge >= 0.3 is 11.9 Å². The van der Waals surface area contributed by atoms with Crippen LogP contribution in [-0.4, -0.2) is 64.8 Å². The van der Waals surface area contributed by atoms with Crippen molar-refractivity contribution in [3.63, 3.8) is 0 Å². The van der Waals surface area contributed by atoms with Gasteiger partial charge in [-0.15, -0.1) is 0 Å². The third-order valence-electron chi connectivity index (χ3n) is 5.68. The zero-order valence-electron chi connectivity index (χ0n) is 23.8. The number of carbonyl (C=O) groups is 2. The van der Waals surface area contributed by atoms with Crippen LogP contribution >= 0.6 is 11.8 Å². The molecule has 0 saturated heterocycles. The SMILES string of the molecule is C=C(C)C(=O)OC(COC)COc1cc(Sc2ccccc2)c(OCC(COC)OC(=O)C(=C)C)c2ccccc12. The van der Waals surface area contributed by atoms with E-state index in [1.54, 1.807) is 13.8 Å². The Balaban J connectivity index is 1.98. The molecule has 0 aromatic heterocycles. The van der Waals surface area contributed by atoms with Gasteiger partial charge in [-0.3, -0.25) is 0 Å². The second-order valence-electron chi connectivity index (χ2n) is 9.31. The number of hydrogen-bond donors (Lipinski definition) is 0. The van der Waals surface area contributed by atoms with E-state index in [1.807, 2.05) is 60.7 Å². The molecule has 2 atom stereocenters. The van der Waals surface area contributed by atoms with Gasteiger partial charge in [-0.2, -0.15) is 0 Å². The fourth-order valence-electron chi connectivity index (χ4n) is 3.72. The van der Waals surface area contributed by atoms with E-state index in [1.165, 1.54) is 26.0 Å². The Bertz CT molecular complexity index is 1350. The molecule has 0 saturated carbocycles. The van der Waals surface area contributed by atoms with Crippen molar-refractivity contribution < 1.29 is 38.0 Å². The summed E-state index contributed by atoms with van der Waals surface area (Å²) in [6.07, 6.45) is -1.28. The molecule has 0 N–H and O–H groups in total. The second kappa shape index (κ2) is 15.9. The lowest BCUT2D eigenvalue weighted by Crippen LogP contribution is -2.30. The lowest BCUT2D eigenvalue weighted by Gasteiger charge is -2.22. The quantitative estimate of drug-likeness (QED) is 0.149. The summed E-state index contributed by atoms with van der Waals surface area (Å²) < 4.78 is 34.1. The van der Waals surface area contributed by atoms with E-state index < -0.39 is 24.1 Å². The first-order valence-corrected chi connectivity index (χ1v) is 13.8. The second-order valence-corrected chi connectivity index (χ2v) is 10.4. The van der Waals surface area contributed by atoms with Crippen LogP contribution in [0.15, 0.2) is 94.8 Å². The number of rotatable bonds is 16. The van der Waals surface area contributed by atoms with Gasteiger partial charge in [0.05, 0.1) is 18.1 Å².